The summed E-state index contributed by atoms with van der Waals surface area (Å²) in [6, 6.07) is 8.14. The van der Waals surface area contributed by atoms with Gasteiger partial charge in [0.1, 0.15) is 30.2 Å². The predicted molar refractivity (Wildman–Crippen MR) is 113 cm³/mol. The fourth-order valence-electron chi connectivity index (χ4n) is 4.18. The standard InChI is InChI=1S/C21H25N7O3/c1-12-14-5-3-4-6-15(14)28(26-12)8-7-22-9-16-18(29)19(30)21(31-16)27-11-25-17-13(2)23-10-24-20(17)27/h3-6,10-11,16,18-19,21-22,29-30H,7-9H2,1-2H3. The number of benzene rings is 1. The Balaban J connectivity index is 1.23. The first-order valence-electron chi connectivity index (χ1n) is 10.3. The number of rotatable bonds is 6. The Morgan fingerprint density at radius 2 is 1.90 bits per heavy atom. The van der Waals surface area contributed by atoms with E-state index >= 15 is 0 Å². The van der Waals surface area contributed by atoms with Gasteiger partial charge >= 0.3 is 0 Å². The highest BCUT2D eigenvalue weighted by Gasteiger charge is 2.44. The zero-order chi connectivity index (χ0) is 21.5. The number of aliphatic hydroxyl groups is 2. The van der Waals surface area contributed by atoms with Crippen molar-refractivity contribution in [1.29, 1.82) is 0 Å². The van der Waals surface area contributed by atoms with Crippen molar-refractivity contribution in [2.75, 3.05) is 13.1 Å². The lowest BCUT2D eigenvalue weighted by Crippen LogP contribution is -2.38. The molecule has 1 aliphatic heterocycles. The molecule has 10 nitrogen and oxygen atoms in total. The number of hydrogen-bond acceptors (Lipinski definition) is 8. The van der Waals surface area contributed by atoms with Crippen LogP contribution in [0.3, 0.4) is 0 Å². The normalized spacial score (nSPS) is 23.9. The second-order valence-electron chi connectivity index (χ2n) is 7.86. The first-order chi connectivity index (χ1) is 15.0. The highest BCUT2D eigenvalue weighted by molar-refractivity contribution is 5.81. The van der Waals surface area contributed by atoms with Crippen LogP contribution in [0.4, 0.5) is 0 Å². The molecule has 1 fully saturated rings. The SMILES string of the molecule is Cc1nn(CCNCC2OC(n3cnc4c(C)ncnc43)C(O)C2O)c2ccccc12. The molecule has 0 bridgehead atoms. The van der Waals surface area contributed by atoms with E-state index in [-0.39, 0.29) is 0 Å². The van der Waals surface area contributed by atoms with Crippen LogP contribution in [0.1, 0.15) is 17.6 Å². The van der Waals surface area contributed by atoms with Crippen LogP contribution in [0.5, 0.6) is 0 Å². The Kier molecular flexibility index (Phi) is 5.14. The van der Waals surface area contributed by atoms with Gasteiger partial charge in [0.15, 0.2) is 11.9 Å². The van der Waals surface area contributed by atoms with Crippen LogP contribution in [0, 0.1) is 13.8 Å². The van der Waals surface area contributed by atoms with Crippen molar-refractivity contribution in [3.05, 3.63) is 48.3 Å². The first-order valence-corrected chi connectivity index (χ1v) is 10.3. The summed E-state index contributed by atoms with van der Waals surface area (Å²) in [5, 5.41) is 30.1. The zero-order valence-electron chi connectivity index (χ0n) is 17.4. The van der Waals surface area contributed by atoms with E-state index in [0.29, 0.717) is 30.8 Å². The molecular weight excluding hydrogens is 398 g/mol. The number of aliphatic hydroxyl groups excluding tert-OH is 2. The van der Waals surface area contributed by atoms with Crippen LogP contribution in [0.25, 0.3) is 22.1 Å². The monoisotopic (exact) mass is 423 g/mol. The summed E-state index contributed by atoms with van der Waals surface area (Å²) in [7, 11) is 0. The molecule has 1 saturated heterocycles. The molecule has 1 aliphatic rings. The average molecular weight is 423 g/mol. The number of imidazole rings is 1. The van der Waals surface area contributed by atoms with Gasteiger partial charge < -0.3 is 20.3 Å². The van der Waals surface area contributed by atoms with Crippen LogP contribution >= 0.6 is 0 Å². The van der Waals surface area contributed by atoms with E-state index in [4.69, 9.17) is 4.74 Å². The average Bonchev–Trinajstić information content (AvgIpc) is 3.42. The topological polar surface area (TPSA) is 123 Å². The van der Waals surface area contributed by atoms with Gasteiger partial charge in [0.05, 0.1) is 29.8 Å². The van der Waals surface area contributed by atoms with Gasteiger partial charge in [-0.2, -0.15) is 5.10 Å². The van der Waals surface area contributed by atoms with Crippen LogP contribution in [-0.4, -0.2) is 70.9 Å². The molecule has 162 valence electrons. The Labute approximate surface area is 178 Å². The van der Waals surface area contributed by atoms with Gasteiger partial charge in [-0.3, -0.25) is 9.25 Å². The van der Waals surface area contributed by atoms with Crippen molar-refractivity contribution >= 4 is 22.1 Å². The van der Waals surface area contributed by atoms with Crippen molar-refractivity contribution in [2.45, 2.75) is 44.9 Å². The molecule has 1 aromatic carbocycles. The van der Waals surface area contributed by atoms with Gasteiger partial charge in [0, 0.05) is 18.5 Å². The van der Waals surface area contributed by atoms with Gasteiger partial charge in [0.25, 0.3) is 0 Å². The maximum atomic E-state index is 10.6. The summed E-state index contributed by atoms with van der Waals surface area (Å²) in [6.07, 6.45) is -0.417. The molecule has 0 aliphatic carbocycles. The zero-order valence-corrected chi connectivity index (χ0v) is 17.4. The fraction of sp³-hybridized carbons (Fsp3) is 0.429. The Morgan fingerprint density at radius 3 is 2.77 bits per heavy atom. The number of nitrogens with one attached hydrogen (secondary N) is 1. The lowest BCUT2D eigenvalue weighted by atomic mass is 10.1. The number of para-hydroxylation sites is 1. The molecule has 0 spiro atoms. The molecule has 10 heteroatoms. The summed E-state index contributed by atoms with van der Waals surface area (Å²) in [5.74, 6) is 0. The fourth-order valence-corrected chi connectivity index (χ4v) is 4.18. The minimum Gasteiger partial charge on any atom is -0.387 e. The third-order valence-electron chi connectivity index (χ3n) is 5.84. The van der Waals surface area contributed by atoms with Crippen molar-refractivity contribution in [3.8, 4) is 0 Å². The second kappa shape index (κ2) is 7.97. The molecule has 3 N–H and O–H groups in total. The number of fused-ring (bicyclic) bond motifs is 2. The third kappa shape index (κ3) is 3.47. The maximum absolute atomic E-state index is 10.6. The highest BCUT2D eigenvalue weighted by Crippen LogP contribution is 2.31. The van der Waals surface area contributed by atoms with Crippen LogP contribution in [-0.2, 0) is 11.3 Å². The molecule has 4 unspecified atom stereocenters. The van der Waals surface area contributed by atoms with Gasteiger partial charge in [-0.1, -0.05) is 18.2 Å². The van der Waals surface area contributed by atoms with Crippen molar-refractivity contribution in [1.82, 2.24) is 34.6 Å². The summed E-state index contributed by atoms with van der Waals surface area (Å²) in [5.41, 5.74) is 4.06. The number of hydrogen-bond donors (Lipinski definition) is 3. The van der Waals surface area contributed by atoms with Crippen LogP contribution in [0.15, 0.2) is 36.9 Å². The molecular formula is C21H25N7O3. The third-order valence-corrected chi connectivity index (χ3v) is 5.84. The van der Waals surface area contributed by atoms with Gasteiger partial charge in [-0.05, 0) is 19.9 Å². The van der Waals surface area contributed by atoms with Crippen LogP contribution < -0.4 is 5.32 Å². The Hall–Kier alpha value is -2.92. The largest absolute Gasteiger partial charge is 0.387 e. The first kappa shape index (κ1) is 20.0. The molecule has 0 amide bonds. The lowest BCUT2D eigenvalue weighted by molar-refractivity contribution is -0.0341. The van der Waals surface area contributed by atoms with Crippen molar-refractivity contribution in [3.63, 3.8) is 0 Å². The van der Waals surface area contributed by atoms with E-state index in [9.17, 15) is 10.2 Å². The summed E-state index contributed by atoms with van der Waals surface area (Å²) in [6.45, 7) is 5.58. The van der Waals surface area contributed by atoms with E-state index in [1.807, 2.05) is 30.7 Å². The summed E-state index contributed by atoms with van der Waals surface area (Å²) in [4.78, 5) is 12.7. The molecule has 0 radical (unpaired) electrons. The van der Waals surface area contributed by atoms with Crippen molar-refractivity contribution in [2.24, 2.45) is 0 Å². The van der Waals surface area contributed by atoms with E-state index in [2.05, 4.69) is 37.5 Å². The second-order valence-corrected chi connectivity index (χ2v) is 7.86. The lowest BCUT2D eigenvalue weighted by Gasteiger charge is -2.16. The van der Waals surface area contributed by atoms with Crippen molar-refractivity contribution < 1.29 is 14.9 Å². The molecule has 0 saturated carbocycles. The Morgan fingerprint density at radius 1 is 1.06 bits per heavy atom. The van der Waals surface area contributed by atoms with Gasteiger partial charge in [-0.25, -0.2) is 15.0 Å². The molecule has 4 heterocycles. The quantitative estimate of drug-likeness (QED) is 0.387. The molecule has 3 aromatic heterocycles. The van der Waals surface area contributed by atoms with Crippen LogP contribution in [0.2, 0.25) is 0 Å². The predicted octanol–water partition coefficient (Wildman–Crippen LogP) is 0.702. The van der Waals surface area contributed by atoms with E-state index in [1.54, 1.807) is 10.9 Å². The number of aryl methyl sites for hydroxylation is 2. The molecule has 4 aromatic rings. The number of ether oxygens (including phenoxy) is 1. The number of aromatic nitrogens is 6. The molecule has 5 rings (SSSR count). The van der Waals surface area contributed by atoms with Gasteiger partial charge in [0.2, 0.25) is 0 Å². The molecule has 31 heavy (non-hydrogen) atoms. The number of nitrogens with zero attached hydrogens (tertiary/aromatic N) is 6. The highest BCUT2D eigenvalue weighted by atomic mass is 16.6. The Bertz CT molecular complexity index is 1220. The van der Waals surface area contributed by atoms with E-state index < -0.39 is 24.5 Å². The molecule has 4 atom stereocenters. The minimum absolute atomic E-state index is 0.396. The van der Waals surface area contributed by atoms with Gasteiger partial charge in [-0.15, -0.1) is 0 Å². The van der Waals surface area contributed by atoms with E-state index in [1.165, 1.54) is 6.33 Å². The summed E-state index contributed by atoms with van der Waals surface area (Å²) < 4.78 is 9.61. The smallest absolute Gasteiger partial charge is 0.165 e. The minimum atomic E-state index is -1.09. The maximum Gasteiger partial charge on any atom is 0.165 e. The van der Waals surface area contributed by atoms with E-state index in [0.717, 1.165) is 22.3 Å². The summed E-state index contributed by atoms with van der Waals surface area (Å²) >= 11 is 0.